The number of amides is 1. The van der Waals surface area contributed by atoms with Gasteiger partial charge in [-0.15, -0.1) is 0 Å². The van der Waals surface area contributed by atoms with Crippen molar-refractivity contribution in [3.63, 3.8) is 0 Å². The van der Waals surface area contributed by atoms with Crippen LogP contribution >= 0.6 is 0 Å². The first-order valence-electron chi connectivity index (χ1n) is 18.0. The number of hydrogen-bond donors (Lipinski definition) is 0. The van der Waals surface area contributed by atoms with Crippen LogP contribution in [0.3, 0.4) is 0 Å². The fourth-order valence-corrected chi connectivity index (χ4v) is 7.37. The number of aromatic nitrogens is 2. The summed E-state index contributed by atoms with van der Waals surface area (Å²) in [5.74, 6) is 1.77. The van der Waals surface area contributed by atoms with E-state index in [1.54, 1.807) is 0 Å². The molecule has 3 aliphatic rings. The zero-order valence-corrected chi connectivity index (χ0v) is 30.1. The van der Waals surface area contributed by atoms with Gasteiger partial charge in [0.2, 0.25) is 0 Å². The predicted octanol–water partition coefficient (Wildman–Crippen LogP) is 6.69. The van der Waals surface area contributed by atoms with Crippen LogP contribution < -0.4 is 19.3 Å². The number of fused-ring (bicyclic) bond motifs is 2. The van der Waals surface area contributed by atoms with E-state index in [9.17, 15) is 4.79 Å². The van der Waals surface area contributed by atoms with Crippen LogP contribution in [0.25, 0.3) is 10.8 Å². The minimum atomic E-state index is -0.538. The first-order chi connectivity index (χ1) is 24.1. The van der Waals surface area contributed by atoms with E-state index in [4.69, 9.17) is 24.2 Å². The van der Waals surface area contributed by atoms with Gasteiger partial charge < -0.3 is 33.8 Å². The molecule has 0 unspecified atom stereocenters. The normalized spacial score (nSPS) is 19.8. The highest BCUT2D eigenvalue weighted by molar-refractivity contribution is 5.95. The molecule has 4 heterocycles. The van der Waals surface area contributed by atoms with Crippen LogP contribution in [0.5, 0.6) is 11.8 Å². The summed E-state index contributed by atoms with van der Waals surface area (Å²) in [6.45, 7) is 13.3. The van der Waals surface area contributed by atoms with Crippen LogP contribution in [-0.2, 0) is 24.3 Å². The molecule has 2 fully saturated rings. The minimum Gasteiger partial charge on any atom is -0.489 e. The number of piperazine rings is 1. The second-order valence-corrected chi connectivity index (χ2v) is 14.9. The Morgan fingerprint density at radius 3 is 2.48 bits per heavy atom. The third kappa shape index (κ3) is 7.60. The van der Waals surface area contributed by atoms with E-state index >= 15 is 0 Å². The van der Waals surface area contributed by atoms with Crippen LogP contribution in [-0.4, -0.2) is 89.9 Å². The molecule has 0 radical (unpaired) electrons. The Morgan fingerprint density at radius 1 is 0.920 bits per heavy atom. The number of ether oxygens (including phenoxy) is 3. The number of rotatable bonds is 8. The molecule has 0 bridgehead atoms. The molecule has 2 saturated heterocycles. The van der Waals surface area contributed by atoms with E-state index in [2.05, 4.69) is 77.2 Å². The maximum absolute atomic E-state index is 13.0. The van der Waals surface area contributed by atoms with Gasteiger partial charge in [-0.05, 0) is 77.6 Å². The quantitative estimate of drug-likeness (QED) is 0.203. The monoisotopic (exact) mass is 678 g/mol. The van der Waals surface area contributed by atoms with Crippen molar-refractivity contribution >= 4 is 28.4 Å². The average Bonchev–Trinajstić information content (AvgIpc) is 3.52. The first kappa shape index (κ1) is 33.9. The molecule has 264 valence electrons. The maximum atomic E-state index is 13.0. The van der Waals surface area contributed by atoms with Crippen LogP contribution in [0.2, 0.25) is 0 Å². The van der Waals surface area contributed by atoms with E-state index < -0.39 is 5.60 Å². The first-order valence-corrected chi connectivity index (χ1v) is 18.0. The number of likely N-dealkylation sites (tertiary alicyclic amines) is 1. The Kier molecular flexibility index (Phi) is 9.73. The molecule has 4 aromatic rings. The summed E-state index contributed by atoms with van der Waals surface area (Å²) in [7, 11) is 2.16. The largest absolute Gasteiger partial charge is 0.489 e. The second-order valence-electron chi connectivity index (χ2n) is 14.9. The molecule has 3 aromatic carbocycles. The number of benzene rings is 3. The number of carbonyl (C=O) groups is 1. The van der Waals surface area contributed by atoms with Gasteiger partial charge in [0.1, 0.15) is 30.4 Å². The summed E-state index contributed by atoms with van der Waals surface area (Å²) < 4.78 is 18.5. The highest BCUT2D eigenvalue weighted by atomic mass is 16.6. The van der Waals surface area contributed by atoms with Gasteiger partial charge >= 0.3 is 12.1 Å². The number of anilines is 2. The molecule has 10 nitrogen and oxygen atoms in total. The van der Waals surface area contributed by atoms with E-state index in [-0.39, 0.29) is 12.1 Å². The Hall–Kier alpha value is -4.57. The molecular formula is C40H50N6O4. The van der Waals surface area contributed by atoms with Crippen molar-refractivity contribution in [2.24, 2.45) is 0 Å². The number of likely N-dealkylation sites (N-methyl/N-ethyl adjacent to an activating group) is 1. The van der Waals surface area contributed by atoms with Crippen molar-refractivity contribution in [2.75, 3.05) is 56.2 Å². The molecule has 1 amide bonds. The lowest BCUT2D eigenvalue weighted by Gasteiger charge is -2.42. The SMILES string of the molecule is C[C@@H]1CN(c2nc(OC[C@@H]3CCCN3C)nc3c2CCN(c2cc(OCc4ccccc4)cc4ccccc24)C3)CCN1C(=O)OC(C)(C)C. The van der Waals surface area contributed by atoms with E-state index in [1.807, 2.05) is 43.9 Å². The molecule has 50 heavy (non-hydrogen) atoms. The number of carbonyl (C=O) groups excluding carboxylic acids is 1. The van der Waals surface area contributed by atoms with Crippen molar-refractivity contribution in [1.29, 1.82) is 0 Å². The summed E-state index contributed by atoms with van der Waals surface area (Å²) in [4.78, 5) is 32.1. The van der Waals surface area contributed by atoms with Crippen molar-refractivity contribution in [2.45, 2.75) is 77.8 Å². The fourth-order valence-electron chi connectivity index (χ4n) is 7.37. The lowest BCUT2D eigenvalue weighted by molar-refractivity contribution is 0.0158. The Morgan fingerprint density at radius 2 is 1.72 bits per heavy atom. The fraction of sp³-hybridized carbons (Fsp3) is 0.475. The highest BCUT2D eigenvalue weighted by Gasteiger charge is 2.34. The summed E-state index contributed by atoms with van der Waals surface area (Å²) >= 11 is 0. The standard InChI is InChI=1S/C40H50N6O4/c1-28-24-45(20-21-46(28)39(47)50-40(2,3)4)37-34-17-19-44(25-35(34)41-38(42-37)49-27-31-15-11-18-43(31)5)36-23-32(22-30-14-9-10-16-33(30)36)48-26-29-12-7-6-8-13-29/h6-10,12-14,16,22-23,28,31H,11,15,17-21,24-27H2,1-5H3/t28-,31+/m1/s1. The van der Waals surface area contributed by atoms with Gasteiger partial charge in [-0.1, -0.05) is 54.6 Å². The zero-order chi connectivity index (χ0) is 34.8. The number of hydrogen-bond acceptors (Lipinski definition) is 9. The summed E-state index contributed by atoms with van der Waals surface area (Å²) in [5.41, 5.74) is 3.87. The molecule has 0 aliphatic carbocycles. The summed E-state index contributed by atoms with van der Waals surface area (Å²) in [5, 5.41) is 2.33. The second kappa shape index (κ2) is 14.3. The summed E-state index contributed by atoms with van der Waals surface area (Å²) in [6.07, 6.45) is 2.82. The van der Waals surface area contributed by atoms with E-state index in [0.717, 1.165) is 65.4 Å². The minimum absolute atomic E-state index is 0.0363. The van der Waals surface area contributed by atoms with Crippen molar-refractivity contribution in [1.82, 2.24) is 19.8 Å². The molecule has 0 N–H and O–H groups in total. The molecule has 10 heteroatoms. The van der Waals surface area contributed by atoms with Gasteiger partial charge in [-0.25, -0.2) is 4.79 Å². The lowest BCUT2D eigenvalue weighted by Crippen LogP contribution is -2.55. The smallest absolute Gasteiger partial charge is 0.410 e. The van der Waals surface area contributed by atoms with Gasteiger partial charge in [-0.3, -0.25) is 0 Å². The average molecular weight is 679 g/mol. The third-order valence-corrected chi connectivity index (χ3v) is 10.1. The van der Waals surface area contributed by atoms with Gasteiger partial charge in [0, 0.05) is 61.0 Å². The molecule has 0 spiro atoms. The molecule has 7 rings (SSSR count). The molecule has 2 atom stereocenters. The topological polar surface area (TPSA) is 83.5 Å². The van der Waals surface area contributed by atoms with Gasteiger partial charge in [0.15, 0.2) is 0 Å². The van der Waals surface area contributed by atoms with Crippen molar-refractivity contribution in [3.05, 3.63) is 83.6 Å². The Bertz CT molecular complexity index is 1810. The van der Waals surface area contributed by atoms with Gasteiger partial charge in [0.25, 0.3) is 0 Å². The highest BCUT2D eigenvalue weighted by Crippen LogP contribution is 2.37. The van der Waals surface area contributed by atoms with Crippen LogP contribution in [0.4, 0.5) is 16.3 Å². The van der Waals surface area contributed by atoms with Gasteiger partial charge in [-0.2, -0.15) is 9.97 Å². The summed E-state index contributed by atoms with van der Waals surface area (Å²) in [6, 6.07) is 23.8. The van der Waals surface area contributed by atoms with Crippen LogP contribution in [0.1, 0.15) is 57.4 Å². The zero-order valence-electron chi connectivity index (χ0n) is 30.1. The molecule has 1 aromatic heterocycles. The predicted molar refractivity (Wildman–Crippen MR) is 197 cm³/mol. The lowest BCUT2D eigenvalue weighted by atomic mass is 10.0. The van der Waals surface area contributed by atoms with E-state index in [0.29, 0.717) is 51.4 Å². The third-order valence-electron chi connectivity index (χ3n) is 10.1. The number of nitrogens with zero attached hydrogens (tertiary/aromatic N) is 6. The Labute approximate surface area is 295 Å². The Balaban J connectivity index is 1.17. The van der Waals surface area contributed by atoms with Crippen LogP contribution in [0, 0.1) is 0 Å². The molecule has 3 aliphatic heterocycles. The van der Waals surface area contributed by atoms with E-state index in [1.165, 1.54) is 11.8 Å². The van der Waals surface area contributed by atoms with Gasteiger partial charge in [0.05, 0.1) is 12.2 Å². The van der Waals surface area contributed by atoms with Crippen LogP contribution in [0.15, 0.2) is 66.7 Å². The van der Waals surface area contributed by atoms with Crippen molar-refractivity contribution in [3.8, 4) is 11.8 Å². The maximum Gasteiger partial charge on any atom is 0.410 e. The molecular weight excluding hydrogens is 628 g/mol. The van der Waals surface area contributed by atoms with Crippen molar-refractivity contribution < 1.29 is 19.0 Å². The molecule has 0 saturated carbocycles.